The lowest BCUT2D eigenvalue weighted by molar-refractivity contribution is 0.0942. The number of amides is 1. The van der Waals surface area contributed by atoms with E-state index in [1.54, 1.807) is 6.07 Å². The number of hydrogen-bond acceptors (Lipinski definition) is 3. The van der Waals surface area contributed by atoms with E-state index in [1.807, 2.05) is 50.5 Å². The van der Waals surface area contributed by atoms with Crippen LogP contribution < -0.4 is 10.1 Å². The van der Waals surface area contributed by atoms with Gasteiger partial charge in [0.2, 0.25) is 0 Å². The lowest BCUT2D eigenvalue weighted by Crippen LogP contribution is -2.34. The van der Waals surface area contributed by atoms with E-state index >= 15 is 0 Å². The van der Waals surface area contributed by atoms with Crippen LogP contribution in [0.2, 0.25) is 5.02 Å². The molecule has 0 saturated carbocycles. The first-order valence-corrected chi connectivity index (χ1v) is 8.39. The summed E-state index contributed by atoms with van der Waals surface area (Å²) in [4.78, 5) is 14.5. The SMILES string of the molecule is CN(C)[C@H](CNC(=O)c1ccc2c(c1)CCO2)c1ccccc1Cl. The highest BCUT2D eigenvalue weighted by Crippen LogP contribution is 2.27. The van der Waals surface area contributed by atoms with Crippen molar-refractivity contribution in [1.29, 1.82) is 0 Å². The van der Waals surface area contributed by atoms with Crippen molar-refractivity contribution in [3.8, 4) is 5.75 Å². The Balaban J connectivity index is 1.71. The second-order valence-electron chi connectivity index (χ2n) is 6.13. The van der Waals surface area contributed by atoms with Crippen molar-refractivity contribution in [2.24, 2.45) is 0 Å². The highest BCUT2D eigenvalue weighted by molar-refractivity contribution is 6.31. The van der Waals surface area contributed by atoms with Gasteiger partial charge in [0, 0.05) is 23.6 Å². The van der Waals surface area contributed by atoms with Crippen molar-refractivity contribution in [3.05, 3.63) is 64.2 Å². The molecule has 24 heavy (non-hydrogen) atoms. The number of carbonyl (C=O) groups excluding carboxylic acids is 1. The third kappa shape index (κ3) is 3.55. The van der Waals surface area contributed by atoms with Gasteiger partial charge in [0.25, 0.3) is 5.91 Å². The molecule has 4 nitrogen and oxygen atoms in total. The first-order chi connectivity index (χ1) is 11.6. The first-order valence-electron chi connectivity index (χ1n) is 8.01. The fraction of sp³-hybridized carbons (Fsp3) is 0.316. The molecule has 1 N–H and O–H groups in total. The zero-order chi connectivity index (χ0) is 17.1. The summed E-state index contributed by atoms with van der Waals surface area (Å²) in [6.07, 6.45) is 0.858. The summed E-state index contributed by atoms with van der Waals surface area (Å²) >= 11 is 6.31. The quantitative estimate of drug-likeness (QED) is 0.904. The van der Waals surface area contributed by atoms with Crippen molar-refractivity contribution in [2.75, 3.05) is 27.2 Å². The zero-order valence-electron chi connectivity index (χ0n) is 13.9. The number of hydrogen-bond donors (Lipinski definition) is 1. The Morgan fingerprint density at radius 1 is 1.29 bits per heavy atom. The molecule has 126 valence electrons. The van der Waals surface area contributed by atoms with Crippen LogP contribution in [0.25, 0.3) is 0 Å². The Bertz CT molecular complexity index is 746. The molecule has 2 aromatic rings. The molecule has 0 saturated heterocycles. The largest absolute Gasteiger partial charge is 0.493 e. The van der Waals surface area contributed by atoms with Crippen LogP contribution in [0.4, 0.5) is 0 Å². The predicted molar refractivity (Wildman–Crippen MR) is 95.9 cm³/mol. The van der Waals surface area contributed by atoms with Gasteiger partial charge >= 0.3 is 0 Å². The summed E-state index contributed by atoms with van der Waals surface area (Å²) in [6.45, 7) is 1.18. The zero-order valence-corrected chi connectivity index (χ0v) is 14.6. The molecule has 1 aliphatic heterocycles. The molecule has 5 heteroatoms. The molecule has 1 amide bonds. The molecule has 0 spiro atoms. The van der Waals surface area contributed by atoms with E-state index in [4.69, 9.17) is 16.3 Å². The molecule has 0 radical (unpaired) electrons. The summed E-state index contributed by atoms with van der Waals surface area (Å²) in [7, 11) is 3.96. The maximum absolute atomic E-state index is 12.5. The van der Waals surface area contributed by atoms with Crippen LogP contribution in [-0.2, 0) is 6.42 Å². The minimum atomic E-state index is -0.0800. The van der Waals surface area contributed by atoms with Crippen LogP contribution in [0.3, 0.4) is 0 Å². The lowest BCUT2D eigenvalue weighted by Gasteiger charge is -2.26. The van der Waals surface area contributed by atoms with Crippen molar-refractivity contribution >= 4 is 17.5 Å². The highest BCUT2D eigenvalue weighted by Gasteiger charge is 2.19. The maximum atomic E-state index is 12.5. The maximum Gasteiger partial charge on any atom is 0.251 e. The molecule has 0 fully saturated rings. The summed E-state index contributed by atoms with van der Waals surface area (Å²) in [5.74, 6) is 0.803. The van der Waals surface area contributed by atoms with Crippen LogP contribution >= 0.6 is 11.6 Å². The van der Waals surface area contributed by atoms with E-state index in [0.717, 1.165) is 23.3 Å². The standard InChI is InChI=1S/C19H21ClN2O2/c1-22(2)17(15-5-3-4-6-16(15)20)12-21-19(23)14-7-8-18-13(11-14)9-10-24-18/h3-8,11,17H,9-10,12H2,1-2H3,(H,21,23)/t17-/m1/s1. The Kier molecular flexibility index (Phi) is 5.07. The molecule has 0 bridgehead atoms. The van der Waals surface area contributed by atoms with E-state index < -0.39 is 0 Å². The molecular formula is C19H21ClN2O2. The van der Waals surface area contributed by atoms with Crippen molar-refractivity contribution < 1.29 is 9.53 Å². The summed E-state index contributed by atoms with van der Waals surface area (Å²) < 4.78 is 5.48. The molecule has 0 aliphatic carbocycles. The van der Waals surface area contributed by atoms with Crippen LogP contribution in [-0.4, -0.2) is 38.1 Å². The third-order valence-electron chi connectivity index (χ3n) is 4.30. The van der Waals surface area contributed by atoms with Gasteiger partial charge in [-0.1, -0.05) is 29.8 Å². The van der Waals surface area contributed by atoms with E-state index in [1.165, 1.54) is 0 Å². The Hall–Kier alpha value is -2.04. The van der Waals surface area contributed by atoms with Crippen LogP contribution in [0.15, 0.2) is 42.5 Å². The van der Waals surface area contributed by atoms with Gasteiger partial charge in [-0.15, -0.1) is 0 Å². The minimum absolute atomic E-state index is 0.0143. The molecule has 1 atom stereocenters. The summed E-state index contributed by atoms with van der Waals surface area (Å²) in [5.41, 5.74) is 2.76. The van der Waals surface area contributed by atoms with Crippen LogP contribution in [0.1, 0.15) is 27.5 Å². The fourth-order valence-corrected chi connectivity index (χ4v) is 3.20. The van der Waals surface area contributed by atoms with Gasteiger partial charge in [-0.3, -0.25) is 4.79 Å². The average molecular weight is 345 g/mol. The Morgan fingerprint density at radius 2 is 2.08 bits per heavy atom. The van der Waals surface area contributed by atoms with Crippen molar-refractivity contribution in [3.63, 3.8) is 0 Å². The number of ether oxygens (including phenoxy) is 1. The molecule has 1 aliphatic rings. The Morgan fingerprint density at radius 3 is 2.83 bits per heavy atom. The summed E-state index contributed by atoms with van der Waals surface area (Å²) in [6, 6.07) is 13.3. The number of likely N-dealkylation sites (N-methyl/N-ethyl adjacent to an activating group) is 1. The van der Waals surface area contributed by atoms with Gasteiger partial charge in [0.15, 0.2) is 0 Å². The lowest BCUT2D eigenvalue weighted by atomic mass is 10.1. The number of halogens is 1. The molecule has 0 aromatic heterocycles. The number of rotatable bonds is 5. The highest BCUT2D eigenvalue weighted by atomic mass is 35.5. The average Bonchev–Trinajstić information content (AvgIpc) is 3.03. The second-order valence-corrected chi connectivity index (χ2v) is 6.54. The normalized spacial score (nSPS) is 14.2. The van der Waals surface area contributed by atoms with Gasteiger partial charge in [0.05, 0.1) is 12.6 Å². The fourth-order valence-electron chi connectivity index (χ4n) is 2.94. The number of nitrogens with one attached hydrogen (secondary N) is 1. The number of carbonyl (C=O) groups is 1. The minimum Gasteiger partial charge on any atom is -0.493 e. The topological polar surface area (TPSA) is 41.6 Å². The Labute approximate surface area is 147 Å². The molecule has 0 unspecified atom stereocenters. The van der Waals surface area contributed by atoms with Crippen molar-refractivity contribution in [1.82, 2.24) is 10.2 Å². The van der Waals surface area contributed by atoms with Crippen molar-refractivity contribution in [2.45, 2.75) is 12.5 Å². The number of benzene rings is 2. The van der Waals surface area contributed by atoms with Gasteiger partial charge in [0.1, 0.15) is 5.75 Å². The van der Waals surface area contributed by atoms with Crippen LogP contribution in [0.5, 0.6) is 5.75 Å². The smallest absolute Gasteiger partial charge is 0.251 e. The second kappa shape index (κ2) is 7.24. The predicted octanol–water partition coefficient (Wildman–Crippen LogP) is 3.31. The van der Waals surface area contributed by atoms with E-state index in [0.29, 0.717) is 23.7 Å². The van der Waals surface area contributed by atoms with Gasteiger partial charge < -0.3 is 15.0 Å². The van der Waals surface area contributed by atoms with Gasteiger partial charge in [-0.05, 0) is 49.5 Å². The third-order valence-corrected chi connectivity index (χ3v) is 4.64. The monoisotopic (exact) mass is 344 g/mol. The summed E-state index contributed by atoms with van der Waals surface area (Å²) in [5, 5.41) is 3.73. The van der Waals surface area contributed by atoms with E-state index in [2.05, 4.69) is 10.2 Å². The molecule has 3 rings (SSSR count). The first kappa shape index (κ1) is 16.8. The van der Waals surface area contributed by atoms with E-state index in [9.17, 15) is 4.79 Å². The number of fused-ring (bicyclic) bond motifs is 1. The van der Waals surface area contributed by atoms with E-state index in [-0.39, 0.29) is 11.9 Å². The molecule has 1 heterocycles. The van der Waals surface area contributed by atoms with Gasteiger partial charge in [-0.2, -0.15) is 0 Å². The van der Waals surface area contributed by atoms with Gasteiger partial charge in [-0.25, -0.2) is 0 Å². The molecule has 2 aromatic carbocycles. The number of nitrogens with zero attached hydrogens (tertiary/aromatic N) is 1. The van der Waals surface area contributed by atoms with Crippen LogP contribution in [0, 0.1) is 0 Å². The molecular weight excluding hydrogens is 324 g/mol.